The standard InChI is InChI=1S/C12H16N4O3/c1-8-3-4-9(19-8)7-16-10(5-6-13)11(14-15-16)12(17)18-2/h3-4H,5-7,13H2,1-2H3. The molecule has 0 aromatic carbocycles. The van der Waals surface area contributed by atoms with E-state index < -0.39 is 5.97 Å². The minimum atomic E-state index is -0.509. The van der Waals surface area contributed by atoms with Crippen LogP contribution in [0.25, 0.3) is 0 Å². The molecule has 0 spiro atoms. The molecule has 0 saturated heterocycles. The zero-order chi connectivity index (χ0) is 13.8. The van der Waals surface area contributed by atoms with Crippen molar-refractivity contribution in [1.29, 1.82) is 0 Å². The van der Waals surface area contributed by atoms with E-state index >= 15 is 0 Å². The second kappa shape index (κ2) is 5.66. The maximum absolute atomic E-state index is 11.6. The third-order valence-electron chi connectivity index (χ3n) is 2.70. The number of carbonyl (C=O) groups excluding carboxylic acids is 1. The van der Waals surface area contributed by atoms with Gasteiger partial charge in [0.25, 0.3) is 0 Å². The zero-order valence-corrected chi connectivity index (χ0v) is 10.9. The van der Waals surface area contributed by atoms with Crippen LogP contribution in [0.1, 0.15) is 27.7 Å². The summed E-state index contributed by atoms with van der Waals surface area (Å²) in [4.78, 5) is 11.6. The Bertz CT molecular complexity index is 573. The lowest BCUT2D eigenvalue weighted by Gasteiger charge is -2.04. The summed E-state index contributed by atoms with van der Waals surface area (Å²) >= 11 is 0. The Morgan fingerprint density at radius 2 is 2.32 bits per heavy atom. The molecule has 0 aliphatic heterocycles. The van der Waals surface area contributed by atoms with Crippen LogP contribution in [0, 0.1) is 6.92 Å². The molecule has 0 unspecified atom stereocenters. The van der Waals surface area contributed by atoms with E-state index in [4.69, 9.17) is 10.2 Å². The molecule has 0 radical (unpaired) electrons. The highest BCUT2D eigenvalue weighted by Gasteiger charge is 2.20. The first-order chi connectivity index (χ1) is 9.15. The first-order valence-corrected chi connectivity index (χ1v) is 5.91. The van der Waals surface area contributed by atoms with Gasteiger partial charge >= 0.3 is 5.97 Å². The molecule has 0 saturated carbocycles. The average Bonchev–Trinajstić information content (AvgIpc) is 2.97. The van der Waals surface area contributed by atoms with E-state index in [1.807, 2.05) is 19.1 Å². The second-order valence-electron chi connectivity index (χ2n) is 4.09. The molecule has 0 aliphatic carbocycles. The molecule has 0 atom stereocenters. The van der Waals surface area contributed by atoms with Crippen molar-refractivity contribution in [3.63, 3.8) is 0 Å². The summed E-state index contributed by atoms with van der Waals surface area (Å²) < 4.78 is 11.8. The lowest BCUT2D eigenvalue weighted by atomic mass is 10.2. The van der Waals surface area contributed by atoms with Crippen molar-refractivity contribution in [2.24, 2.45) is 5.73 Å². The van der Waals surface area contributed by atoms with Gasteiger partial charge in [-0.15, -0.1) is 5.10 Å². The van der Waals surface area contributed by atoms with Gasteiger partial charge in [0, 0.05) is 6.42 Å². The number of methoxy groups -OCH3 is 1. The molecule has 2 heterocycles. The Hall–Kier alpha value is -2.15. The second-order valence-corrected chi connectivity index (χ2v) is 4.09. The smallest absolute Gasteiger partial charge is 0.360 e. The van der Waals surface area contributed by atoms with E-state index in [1.165, 1.54) is 7.11 Å². The number of ether oxygens (including phenoxy) is 1. The summed E-state index contributed by atoms with van der Waals surface area (Å²) in [6, 6.07) is 3.73. The minimum Gasteiger partial charge on any atom is -0.464 e. The van der Waals surface area contributed by atoms with E-state index in [0.717, 1.165) is 11.5 Å². The van der Waals surface area contributed by atoms with Crippen molar-refractivity contribution in [1.82, 2.24) is 15.0 Å². The fraction of sp³-hybridized carbons (Fsp3) is 0.417. The van der Waals surface area contributed by atoms with Gasteiger partial charge in [-0.25, -0.2) is 9.48 Å². The molecule has 0 amide bonds. The normalized spacial score (nSPS) is 10.7. The number of rotatable bonds is 5. The van der Waals surface area contributed by atoms with Crippen LogP contribution in [-0.2, 0) is 17.7 Å². The van der Waals surface area contributed by atoms with Crippen LogP contribution in [0.4, 0.5) is 0 Å². The van der Waals surface area contributed by atoms with Crippen molar-refractivity contribution in [2.75, 3.05) is 13.7 Å². The van der Waals surface area contributed by atoms with E-state index in [-0.39, 0.29) is 5.69 Å². The topological polar surface area (TPSA) is 96.2 Å². The SMILES string of the molecule is COC(=O)c1nnn(Cc2ccc(C)o2)c1CCN. The van der Waals surface area contributed by atoms with E-state index in [1.54, 1.807) is 4.68 Å². The largest absolute Gasteiger partial charge is 0.464 e. The van der Waals surface area contributed by atoms with Gasteiger partial charge in [-0.05, 0) is 25.6 Å². The molecule has 2 aromatic rings. The maximum atomic E-state index is 11.6. The van der Waals surface area contributed by atoms with Crippen LogP contribution < -0.4 is 5.73 Å². The van der Waals surface area contributed by atoms with Crippen LogP contribution in [0.5, 0.6) is 0 Å². The van der Waals surface area contributed by atoms with Crippen LogP contribution >= 0.6 is 0 Å². The third kappa shape index (κ3) is 2.82. The summed E-state index contributed by atoms with van der Waals surface area (Å²) in [6.07, 6.45) is 0.497. The number of nitrogens with zero attached hydrogens (tertiary/aromatic N) is 3. The van der Waals surface area contributed by atoms with E-state index in [2.05, 4.69) is 15.0 Å². The predicted octanol–water partition coefficient (Wildman–Crippen LogP) is 0.516. The number of hydrogen-bond donors (Lipinski definition) is 1. The van der Waals surface area contributed by atoms with Gasteiger partial charge in [-0.3, -0.25) is 0 Å². The molecule has 0 bridgehead atoms. The molecule has 2 rings (SSSR count). The van der Waals surface area contributed by atoms with Crippen molar-refractivity contribution >= 4 is 5.97 Å². The molecule has 2 N–H and O–H groups in total. The number of nitrogens with two attached hydrogens (primary N) is 1. The summed E-state index contributed by atoms with van der Waals surface area (Å²) in [5.41, 5.74) is 6.41. The molecule has 102 valence electrons. The maximum Gasteiger partial charge on any atom is 0.360 e. The fourth-order valence-corrected chi connectivity index (χ4v) is 1.82. The van der Waals surface area contributed by atoms with Crippen molar-refractivity contribution in [2.45, 2.75) is 19.9 Å². The van der Waals surface area contributed by atoms with Gasteiger partial charge in [0.2, 0.25) is 0 Å². The molecule has 7 nitrogen and oxygen atoms in total. The van der Waals surface area contributed by atoms with Gasteiger partial charge in [-0.2, -0.15) is 0 Å². The first-order valence-electron chi connectivity index (χ1n) is 5.91. The molecule has 19 heavy (non-hydrogen) atoms. The Morgan fingerprint density at radius 3 is 2.89 bits per heavy atom. The number of esters is 1. The number of aryl methyl sites for hydroxylation is 1. The van der Waals surface area contributed by atoms with Crippen molar-refractivity contribution < 1.29 is 13.9 Å². The zero-order valence-electron chi connectivity index (χ0n) is 10.9. The van der Waals surface area contributed by atoms with Gasteiger partial charge in [0.15, 0.2) is 5.69 Å². The Kier molecular flexibility index (Phi) is 3.96. The highest BCUT2D eigenvalue weighted by molar-refractivity contribution is 5.88. The summed E-state index contributed by atoms with van der Waals surface area (Å²) in [5.74, 6) is 1.06. The number of furan rings is 1. The van der Waals surface area contributed by atoms with Gasteiger partial charge in [0.05, 0.1) is 12.8 Å². The highest BCUT2D eigenvalue weighted by Crippen LogP contribution is 2.12. The van der Waals surface area contributed by atoms with Crippen LogP contribution in [0.2, 0.25) is 0 Å². The third-order valence-corrected chi connectivity index (χ3v) is 2.70. The van der Waals surface area contributed by atoms with Gasteiger partial charge < -0.3 is 14.9 Å². The quantitative estimate of drug-likeness (QED) is 0.791. The lowest BCUT2D eigenvalue weighted by Crippen LogP contribution is -2.14. The van der Waals surface area contributed by atoms with Crippen LogP contribution in [0.3, 0.4) is 0 Å². The molecule has 2 aromatic heterocycles. The number of hydrogen-bond acceptors (Lipinski definition) is 6. The average molecular weight is 264 g/mol. The molecule has 7 heteroatoms. The van der Waals surface area contributed by atoms with E-state index in [9.17, 15) is 4.79 Å². The molecular weight excluding hydrogens is 248 g/mol. The van der Waals surface area contributed by atoms with Crippen LogP contribution in [0.15, 0.2) is 16.5 Å². The summed E-state index contributed by atoms with van der Waals surface area (Å²) in [6.45, 7) is 2.67. The number of carbonyl (C=O) groups is 1. The predicted molar refractivity (Wildman–Crippen MR) is 66.7 cm³/mol. The molecular formula is C12H16N4O3. The minimum absolute atomic E-state index is 0.205. The van der Waals surface area contributed by atoms with Gasteiger partial charge in [-0.1, -0.05) is 5.21 Å². The number of aromatic nitrogens is 3. The van der Waals surface area contributed by atoms with Crippen LogP contribution in [-0.4, -0.2) is 34.6 Å². The van der Waals surface area contributed by atoms with Crippen molar-refractivity contribution in [3.8, 4) is 0 Å². The first kappa shape index (κ1) is 13.3. The highest BCUT2D eigenvalue weighted by atomic mass is 16.5. The fourth-order valence-electron chi connectivity index (χ4n) is 1.82. The molecule has 0 aliphatic rings. The summed E-state index contributed by atoms with van der Waals surface area (Å²) in [5, 5.41) is 7.81. The summed E-state index contributed by atoms with van der Waals surface area (Å²) in [7, 11) is 1.31. The van der Waals surface area contributed by atoms with Crippen molar-refractivity contribution in [3.05, 3.63) is 35.0 Å². The van der Waals surface area contributed by atoms with E-state index in [0.29, 0.717) is 25.2 Å². The Labute approximate surface area is 110 Å². The monoisotopic (exact) mass is 264 g/mol. The Balaban J connectivity index is 2.29. The van der Waals surface area contributed by atoms with Gasteiger partial charge in [0.1, 0.15) is 18.1 Å². The molecule has 0 fully saturated rings. The Morgan fingerprint density at radius 1 is 1.53 bits per heavy atom. The lowest BCUT2D eigenvalue weighted by molar-refractivity contribution is 0.0592.